The predicted octanol–water partition coefficient (Wildman–Crippen LogP) is 17.9. The van der Waals surface area contributed by atoms with Gasteiger partial charge in [-0.3, -0.25) is 4.79 Å². The second kappa shape index (κ2) is 15.7. The van der Waals surface area contributed by atoms with Crippen molar-refractivity contribution in [2.24, 2.45) is 0 Å². The molecular formula is C77H46N2O. The number of allylic oxidation sites excluding steroid dienone is 4. The van der Waals surface area contributed by atoms with Crippen molar-refractivity contribution in [3.63, 3.8) is 0 Å². The van der Waals surface area contributed by atoms with Crippen LogP contribution in [-0.2, 0) is 10.8 Å². The lowest BCUT2D eigenvalue weighted by Gasteiger charge is -2.34. The minimum Gasteiger partial charge on any atom is -0.309 e. The third kappa shape index (κ3) is 5.34. The molecule has 11 aromatic carbocycles. The van der Waals surface area contributed by atoms with E-state index in [9.17, 15) is 0 Å². The second-order valence-electron chi connectivity index (χ2n) is 22.4. The number of benzene rings is 11. The van der Waals surface area contributed by atoms with Crippen LogP contribution in [0.2, 0.25) is 0 Å². The van der Waals surface area contributed by atoms with Gasteiger partial charge in [0.15, 0.2) is 5.78 Å². The Morgan fingerprint density at radius 3 is 1.30 bits per heavy atom. The fraction of sp³-hybridized carbons (Fsp3) is 0.0519. The Balaban J connectivity index is 0.879. The van der Waals surface area contributed by atoms with Gasteiger partial charge in [-0.05, 0) is 175 Å². The first-order chi connectivity index (χ1) is 39.5. The lowest BCUT2D eigenvalue weighted by Crippen LogP contribution is -2.28. The van der Waals surface area contributed by atoms with Crippen LogP contribution in [0.3, 0.4) is 0 Å². The van der Waals surface area contributed by atoms with E-state index in [1.54, 1.807) is 0 Å². The highest BCUT2D eigenvalue weighted by Crippen LogP contribution is 2.66. The molecular weight excluding hydrogens is 969 g/mol. The molecule has 13 aromatic rings. The molecule has 370 valence electrons. The highest BCUT2D eigenvalue weighted by atomic mass is 16.1. The molecule has 0 bridgehead atoms. The maximum atomic E-state index is 16.0. The van der Waals surface area contributed by atoms with Crippen molar-refractivity contribution >= 4 is 55.0 Å². The SMILES string of the molecule is C#Cc1ccc2c(c1)C1(c3ccccc3-c3ccccc31)c1cc(C(=O)c3ccc4c(c3)C3(C5=C4C=CCC5)c4cc(-n5c6ccccc6c6ccccc65)ccc4-c4ccc(-n5c6ccccc6c6ccccc65)cc43)ccc1-2. The number of aromatic nitrogens is 2. The van der Waals surface area contributed by atoms with E-state index < -0.39 is 10.8 Å². The summed E-state index contributed by atoms with van der Waals surface area (Å²) in [6, 6.07) is 86.5. The summed E-state index contributed by atoms with van der Waals surface area (Å²) in [6.45, 7) is 0. The number of hydrogen-bond donors (Lipinski definition) is 0. The van der Waals surface area contributed by atoms with Crippen LogP contribution in [0.4, 0.5) is 0 Å². The van der Waals surface area contributed by atoms with Crippen molar-refractivity contribution in [1.82, 2.24) is 9.13 Å². The van der Waals surface area contributed by atoms with Crippen LogP contribution in [0.15, 0.2) is 254 Å². The van der Waals surface area contributed by atoms with Crippen molar-refractivity contribution in [3.8, 4) is 57.1 Å². The summed E-state index contributed by atoms with van der Waals surface area (Å²) in [6.07, 6.45) is 12.7. The van der Waals surface area contributed by atoms with Gasteiger partial charge in [-0.25, -0.2) is 0 Å². The second-order valence-corrected chi connectivity index (χ2v) is 22.4. The topological polar surface area (TPSA) is 26.9 Å². The summed E-state index contributed by atoms with van der Waals surface area (Å²) in [5.41, 5.74) is 27.0. The summed E-state index contributed by atoms with van der Waals surface area (Å²) in [4.78, 5) is 16.0. The molecule has 0 atom stereocenters. The van der Waals surface area contributed by atoms with Crippen LogP contribution < -0.4 is 0 Å². The largest absolute Gasteiger partial charge is 0.309 e. The summed E-state index contributed by atoms with van der Waals surface area (Å²) >= 11 is 0. The van der Waals surface area contributed by atoms with Gasteiger partial charge in [0.1, 0.15) is 0 Å². The monoisotopic (exact) mass is 1010 g/mol. The summed E-state index contributed by atoms with van der Waals surface area (Å²) in [5.74, 6) is 2.94. The molecule has 80 heavy (non-hydrogen) atoms. The van der Waals surface area contributed by atoms with E-state index in [1.165, 1.54) is 105 Å². The number of ketones is 1. The van der Waals surface area contributed by atoms with E-state index in [-0.39, 0.29) is 5.78 Å². The smallest absolute Gasteiger partial charge is 0.193 e. The van der Waals surface area contributed by atoms with Gasteiger partial charge in [0.05, 0.1) is 32.9 Å². The highest BCUT2D eigenvalue weighted by molar-refractivity contribution is 6.13. The van der Waals surface area contributed by atoms with E-state index in [4.69, 9.17) is 6.42 Å². The molecule has 5 aliphatic rings. The van der Waals surface area contributed by atoms with Crippen molar-refractivity contribution in [3.05, 3.63) is 316 Å². The molecule has 0 amide bonds. The molecule has 0 radical (unpaired) electrons. The number of rotatable bonds is 4. The van der Waals surface area contributed by atoms with Gasteiger partial charge in [-0.15, -0.1) is 6.42 Å². The molecule has 0 saturated heterocycles. The van der Waals surface area contributed by atoms with E-state index in [0.717, 1.165) is 57.6 Å². The number of hydrogen-bond acceptors (Lipinski definition) is 1. The molecule has 0 N–H and O–H groups in total. The van der Waals surface area contributed by atoms with Crippen LogP contribution in [-0.4, -0.2) is 14.9 Å². The number of nitrogens with zero attached hydrogens (tertiary/aromatic N) is 2. The molecule has 0 saturated carbocycles. The normalized spacial score (nSPS) is 15.0. The average molecular weight is 1020 g/mol. The van der Waals surface area contributed by atoms with Gasteiger partial charge in [0, 0.05) is 49.6 Å². The number of para-hydroxylation sites is 4. The zero-order chi connectivity index (χ0) is 52.6. The molecule has 0 aliphatic heterocycles. The van der Waals surface area contributed by atoms with Crippen LogP contribution >= 0.6 is 0 Å². The first-order valence-corrected chi connectivity index (χ1v) is 27.9. The Labute approximate surface area is 462 Å². The standard InChI is InChI=1S/C77H46N2O/c1-2-46-31-36-54-56-38-33-47(42-67(56)76(66(54)41-46)63-24-10-3-17-51(63)52-18-4-11-25-64(52)76)75(80)48-32-37-55-53-19-5-12-26-65(53)77(68(55)43-48)69-44-49(78-71-27-13-6-20-59(71)60-21-7-14-28-72(60)78)34-39-57(69)58-40-35-50(45-70(58)77)79-73-29-15-8-22-61(73)62-23-9-16-30-74(62)79/h1,3-11,13-25,27-45H,12,26H2. The fourth-order valence-corrected chi connectivity index (χ4v) is 15.8. The zero-order valence-electron chi connectivity index (χ0n) is 43.5. The summed E-state index contributed by atoms with van der Waals surface area (Å²) in [5, 5.41) is 4.92. The van der Waals surface area contributed by atoms with Crippen molar-refractivity contribution in [1.29, 1.82) is 0 Å². The summed E-state index contributed by atoms with van der Waals surface area (Å²) in [7, 11) is 0. The van der Waals surface area contributed by atoms with E-state index >= 15 is 4.79 Å². The Morgan fingerprint density at radius 2 is 0.787 bits per heavy atom. The average Bonchev–Trinajstić information content (AvgIpc) is 3.25. The fourth-order valence-electron chi connectivity index (χ4n) is 15.8. The first-order valence-electron chi connectivity index (χ1n) is 27.9. The quantitative estimate of drug-likeness (QED) is 0.127. The molecule has 2 aromatic heterocycles. The Morgan fingerprint density at radius 1 is 0.388 bits per heavy atom. The van der Waals surface area contributed by atoms with Gasteiger partial charge in [-0.1, -0.05) is 182 Å². The molecule has 0 fully saturated rings. The molecule has 2 spiro atoms. The molecule has 18 rings (SSSR count). The van der Waals surface area contributed by atoms with Crippen LogP contribution in [0.1, 0.15) is 78.8 Å². The minimum absolute atomic E-state index is 0.00217. The number of terminal acetylenes is 1. The maximum absolute atomic E-state index is 16.0. The van der Waals surface area contributed by atoms with Gasteiger partial charge in [0.25, 0.3) is 0 Å². The van der Waals surface area contributed by atoms with Gasteiger partial charge >= 0.3 is 0 Å². The van der Waals surface area contributed by atoms with Gasteiger partial charge in [0.2, 0.25) is 0 Å². The molecule has 3 nitrogen and oxygen atoms in total. The number of carbonyl (C=O) groups is 1. The van der Waals surface area contributed by atoms with Crippen LogP contribution in [0, 0.1) is 12.3 Å². The molecule has 0 unspecified atom stereocenters. The summed E-state index contributed by atoms with van der Waals surface area (Å²) < 4.78 is 4.90. The molecule has 2 heterocycles. The van der Waals surface area contributed by atoms with E-state index in [0.29, 0.717) is 11.1 Å². The minimum atomic E-state index is -0.713. The van der Waals surface area contributed by atoms with Gasteiger partial charge < -0.3 is 9.13 Å². The lowest BCUT2D eigenvalue weighted by atomic mass is 9.67. The molecule has 5 aliphatic carbocycles. The molecule has 3 heteroatoms. The third-order valence-corrected chi connectivity index (χ3v) is 18.9. The van der Waals surface area contributed by atoms with Gasteiger partial charge in [-0.2, -0.15) is 0 Å². The zero-order valence-corrected chi connectivity index (χ0v) is 43.5. The highest BCUT2D eigenvalue weighted by Gasteiger charge is 2.54. The number of carbonyl (C=O) groups excluding carboxylic acids is 1. The van der Waals surface area contributed by atoms with Crippen LogP contribution in [0.25, 0.3) is 93.9 Å². The first kappa shape index (κ1) is 43.8. The third-order valence-electron chi connectivity index (χ3n) is 18.9. The van der Waals surface area contributed by atoms with Crippen LogP contribution in [0.5, 0.6) is 0 Å². The van der Waals surface area contributed by atoms with Crippen molar-refractivity contribution in [2.75, 3.05) is 0 Å². The lowest BCUT2D eigenvalue weighted by molar-refractivity contribution is 0.103. The Kier molecular flexibility index (Phi) is 8.59. The number of fused-ring (bicyclic) bond motifs is 25. The Bertz CT molecular complexity index is 4800. The predicted molar refractivity (Wildman–Crippen MR) is 326 cm³/mol. The van der Waals surface area contributed by atoms with Crippen molar-refractivity contribution in [2.45, 2.75) is 23.7 Å². The van der Waals surface area contributed by atoms with E-state index in [1.807, 2.05) is 6.07 Å². The maximum Gasteiger partial charge on any atom is 0.193 e. The van der Waals surface area contributed by atoms with Crippen molar-refractivity contribution < 1.29 is 4.79 Å². The Hall–Kier alpha value is -10.3. The van der Waals surface area contributed by atoms with E-state index in [2.05, 4.69) is 258 Å².